The Hall–Kier alpha value is -3.03. The van der Waals surface area contributed by atoms with Gasteiger partial charge in [0.25, 0.3) is 0 Å². The van der Waals surface area contributed by atoms with E-state index < -0.39 is 0 Å². The first kappa shape index (κ1) is 25.1. The average Bonchev–Trinajstić information content (AvgIpc) is 3.32. The maximum atomic E-state index is 6.12. The van der Waals surface area contributed by atoms with Crippen LogP contribution in [0, 0.1) is 6.92 Å². The van der Waals surface area contributed by atoms with Crippen molar-refractivity contribution in [1.82, 2.24) is 14.5 Å². The van der Waals surface area contributed by atoms with Crippen LogP contribution in [0.3, 0.4) is 0 Å². The number of hydrogen-bond donors (Lipinski definition) is 0. The van der Waals surface area contributed by atoms with Gasteiger partial charge < -0.3 is 23.5 Å². The van der Waals surface area contributed by atoms with Crippen molar-refractivity contribution in [3.05, 3.63) is 72.3 Å². The Kier molecular flexibility index (Phi) is 8.66. The highest BCUT2D eigenvalue weighted by atomic mass is 16.5. The number of hydrogen-bond acceptors (Lipinski definition) is 6. The van der Waals surface area contributed by atoms with Crippen LogP contribution in [-0.4, -0.2) is 60.6 Å². The number of ether oxygens (including phenoxy) is 4. The van der Waals surface area contributed by atoms with Crippen LogP contribution in [-0.2, 0) is 17.8 Å². The Bertz CT molecular complexity index is 1040. The molecule has 1 aliphatic rings. The van der Waals surface area contributed by atoms with E-state index >= 15 is 0 Å². The summed E-state index contributed by atoms with van der Waals surface area (Å²) in [7, 11) is 3.50. The highest BCUT2D eigenvalue weighted by Gasteiger charge is 2.33. The zero-order valence-corrected chi connectivity index (χ0v) is 21.1. The molecule has 1 fully saturated rings. The largest absolute Gasteiger partial charge is 0.493 e. The van der Waals surface area contributed by atoms with Crippen molar-refractivity contribution in [2.75, 3.05) is 40.5 Å². The second-order valence-electron chi connectivity index (χ2n) is 9.25. The van der Waals surface area contributed by atoms with Crippen molar-refractivity contribution >= 4 is 0 Å². The molecule has 0 N–H and O–H groups in total. The summed E-state index contributed by atoms with van der Waals surface area (Å²) in [6.45, 7) is 6.80. The molecule has 0 radical (unpaired) electrons. The second kappa shape index (κ2) is 12.1. The minimum atomic E-state index is -0.260. The molecule has 2 heterocycles. The number of imidazole rings is 1. The van der Waals surface area contributed by atoms with E-state index in [2.05, 4.69) is 41.1 Å². The van der Waals surface area contributed by atoms with E-state index in [0.29, 0.717) is 13.2 Å². The maximum absolute atomic E-state index is 6.12. The van der Waals surface area contributed by atoms with Gasteiger partial charge in [-0.3, -0.25) is 4.90 Å². The minimum Gasteiger partial charge on any atom is -0.493 e. The Morgan fingerprint density at radius 2 is 1.83 bits per heavy atom. The van der Waals surface area contributed by atoms with Gasteiger partial charge in [0.1, 0.15) is 24.6 Å². The van der Waals surface area contributed by atoms with E-state index in [1.165, 1.54) is 11.1 Å². The van der Waals surface area contributed by atoms with E-state index in [9.17, 15) is 0 Å². The molecule has 4 rings (SSSR count). The molecule has 7 nitrogen and oxygen atoms in total. The molecule has 2 aromatic carbocycles. The minimum absolute atomic E-state index is 0.260. The Balaban J connectivity index is 1.31. The highest BCUT2D eigenvalue weighted by Crippen LogP contribution is 2.31. The Labute approximate surface area is 208 Å². The van der Waals surface area contributed by atoms with Crippen LogP contribution < -0.4 is 14.2 Å². The highest BCUT2D eigenvalue weighted by molar-refractivity contribution is 5.43. The fourth-order valence-corrected chi connectivity index (χ4v) is 4.51. The van der Waals surface area contributed by atoms with Crippen molar-refractivity contribution in [2.24, 2.45) is 0 Å². The lowest BCUT2D eigenvalue weighted by Gasteiger charge is -2.31. The topological polar surface area (TPSA) is 58.0 Å². The average molecular weight is 480 g/mol. The van der Waals surface area contributed by atoms with E-state index in [1.54, 1.807) is 19.6 Å². The van der Waals surface area contributed by atoms with Gasteiger partial charge in [-0.25, -0.2) is 4.98 Å². The molecule has 1 unspecified atom stereocenters. The third-order valence-electron chi connectivity index (χ3n) is 6.75. The first-order valence-electron chi connectivity index (χ1n) is 12.3. The van der Waals surface area contributed by atoms with Gasteiger partial charge in [-0.2, -0.15) is 0 Å². The number of rotatable bonds is 11. The number of methoxy groups -OCH3 is 2. The van der Waals surface area contributed by atoms with Gasteiger partial charge in [-0.05, 0) is 62.6 Å². The number of nitrogens with zero attached hydrogens (tertiary/aromatic N) is 3. The number of likely N-dealkylation sites (tertiary alicyclic amines) is 1. The zero-order valence-electron chi connectivity index (χ0n) is 21.1. The summed E-state index contributed by atoms with van der Waals surface area (Å²) in [4.78, 5) is 6.55. The van der Waals surface area contributed by atoms with Crippen LogP contribution in [0.15, 0.2) is 61.2 Å². The second-order valence-corrected chi connectivity index (χ2v) is 9.25. The molecule has 0 aliphatic carbocycles. The lowest BCUT2D eigenvalue weighted by atomic mass is 9.95. The molecular weight excluding hydrogens is 442 g/mol. The zero-order chi connectivity index (χ0) is 24.5. The van der Waals surface area contributed by atoms with Crippen LogP contribution in [0.1, 0.15) is 30.4 Å². The predicted octanol–water partition coefficient (Wildman–Crippen LogP) is 4.73. The predicted molar refractivity (Wildman–Crippen MR) is 136 cm³/mol. The molecule has 1 aliphatic heterocycles. The molecule has 0 bridgehead atoms. The standard InChI is InChI=1S/C28H37N3O4/c1-23-5-8-25(9-6-23)35-21-28(33-3)11-4-14-30(15-12-28)20-24-7-10-26(27(19-24)32-2)34-18-17-31-16-13-29-22-31/h5-10,13,16,19,22H,4,11-12,14-15,17-18,20-21H2,1-3H3. The van der Waals surface area contributed by atoms with Crippen molar-refractivity contribution in [2.45, 2.75) is 44.9 Å². The van der Waals surface area contributed by atoms with Crippen molar-refractivity contribution in [3.8, 4) is 17.2 Å². The molecule has 7 heteroatoms. The summed E-state index contributed by atoms with van der Waals surface area (Å²) < 4.78 is 25.7. The van der Waals surface area contributed by atoms with Crippen LogP contribution in [0.5, 0.6) is 17.2 Å². The Morgan fingerprint density at radius 1 is 0.971 bits per heavy atom. The Morgan fingerprint density at radius 3 is 2.57 bits per heavy atom. The maximum Gasteiger partial charge on any atom is 0.161 e. The van der Waals surface area contributed by atoms with Crippen LogP contribution >= 0.6 is 0 Å². The summed E-state index contributed by atoms with van der Waals surface area (Å²) in [5.74, 6) is 2.42. The molecular formula is C28H37N3O4. The first-order valence-corrected chi connectivity index (χ1v) is 12.3. The van der Waals surface area contributed by atoms with Crippen LogP contribution in [0.4, 0.5) is 0 Å². The summed E-state index contributed by atoms with van der Waals surface area (Å²) in [6.07, 6.45) is 8.47. The SMILES string of the molecule is COc1cc(CN2CCCC(COc3ccc(C)cc3)(OC)CC2)ccc1OCCn1ccnc1. The van der Waals surface area contributed by atoms with Crippen molar-refractivity contribution in [3.63, 3.8) is 0 Å². The third-order valence-corrected chi connectivity index (χ3v) is 6.75. The summed E-state index contributed by atoms with van der Waals surface area (Å²) in [5.41, 5.74) is 2.18. The van der Waals surface area contributed by atoms with Gasteiger partial charge in [-0.1, -0.05) is 23.8 Å². The summed E-state index contributed by atoms with van der Waals surface area (Å²) in [6, 6.07) is 14.4. The monoisotopic (exact) mass is 479 g/mol. The number of aryl methyl sites for hydroxylation is 1. The van der Waals surface area contributed by atoms with Crippen molar-refractivity contribution in [1.29, 1.82) is 0 Å². The van der Waals surface area contributed by atoms with Gasteiger partial charge in [0, 0.05) is 32.6 Å². The van der Waals surface area contributed by atoms with Gasteiger partial charge in [0.05, 0.1) is 20.0 Å². The van der Waals surface area contributed by atoms with Crippen LogP contribution in [0.2, 0.25) is 0 Å². The van der Waals surface area contributed by atoms with E-state index in [0.717, 1.165) is 62.7 Å². The normalized spacial score (nSPS) is 18.7. The molecule has 1 aromatic heterocycles. The molecule has 0 saturated carbocycles. The summed E-state index contributed by atoms with van der Waals surface area (Å²) >= 11 is 0. The van der Waals surface area contributed by atoms with Gasteiger partial charge in [0.15, 0.2) is 11.5 Å². The summed E-state index contributed by atoms with van der Waals surface area (Å²) in [5, 5.41) is 0. The molecule has 1 atom stereocenters. The molecule has 35 heavy (non-hydrogen) atoms. The molecule has 0 spiro atoms. The number of aromatic nitrogens is 2. The molecule has 0 amide bonds. The quantitative estimate of drug-likeness (QED) is 0.396. The lowest BCUT2D eigenvalue weighted by Crippen LogP contribution is -2.39. The molecule has 1 saturated heterocycles. The first-order chi connectivity index (χ1) is 17.1. The lowest BCUT2D eigenvalue weighted by molar-refractivity contribution is -0.0541. The smallest absolute Gasteiger partial charge is 0.161 e. The molecule has 3 aromatic rings. The van der Waals surface area contributed by atoms with E-state index in [4.69, 9.17) is 18.9 Å². The van der Waals surface area contributed by atoms with Gasteiger partial charge >= 0.3 is 0 Å². The third kappa shape index (κ3) is 6.99. The van der Waals surface area contributed by atoms with Gasteiger partial charge in [-0.15, -0.1) is 0 Å². The molecule has 188 valence electrons. The fourth-order valence-electron chi connectivity index (χ4n) is 4.51. The van der Waals surface area contributed by atoms with Crippen molar-refractivity contribution < 1.29 is 18.9 Å². The van der Waals surface area contributed by atoms with Crippen LogP contribution in [0.25, 0.3) is 0 Å². The van der Waals surface area contributed by atoms with E-state index in [1.807, 2.05) is 36.1 Å². The number of benzene rings is 2. The van der Waals surface area contributed by atoms with E-state index in [-0.39, 0.29) is 5.60 Å². The fraction of sp³-hybridized carbons (Fsp3) is 0.464. The van der Waals surface area contributed by atoms with Gasteiger partial charge in [0.2, 0.25) is 0 Å².